The fourth-order valence-corrected chi connectivity index (χ4v) is 2.88. The highest BCUT2D eigenvalue weighted by Gasteiger charge is 2.17. The van der Waals surface area contributed by atoms with Crippen molar-refractivity contribution in [2.45, 2.75) is 109 Å². The summed E-state index contributed by atoms with van der Waals surface area (Å²) in [5.74, 6) is 0.307. The van der Waals surface area contributed by atoms with Gasteiger partial charge >= 0.3 is 0 Å². The highest BCUT2D eigenvalue weighted by molar-refractivity contribution is 6.18. The number of aliphatic hydroxyl groups is 1. The van der Waals surface area contributed by atoms with E-state index in [1.165, 1.54) is 77.0 Å². The standard InChI is InChI=1S/C19H40ClNO.ClH/c1-4-5-6-7-8-9-10-11-12-13-14-15-19(2,3)21-17-18(22)16-20;/h18,21-22H,4-17H2,1-3H3;1H. The quantitative estimate of drug-likeness (QED) is 0.255. The summed E-state index contributed by atoms with van der Waals surface area (Å²) in [6, 6.07) is 0. The molecule has 0 aliphatic carbocycles. The van der Waals surface area contributed by atoms with Gasteiger partial charge in [-0.25, -0.2) is 0 Å². The molecule has 0 radical (unpaired) electrons. The van der Waals surface area contributed by atoms with Gasteiger partial charge in [0.25, 0.3) is 0 Å². The zero-order valence-corrected chi connectivity index (χ0v) is 17.3. The predicted molar refractivity (Wildman–Crippen MR) is 107 cm³/mol. The molecule has 0 saturated heterocycles. The van der Waals surface area contributed by atoms with E-state index < -0.39 is 6.10 Å². The molecular formula is C19H41Cl2NO. The SMILES string of the molecule is CCCCCCCCCCCCCC(C)(C)NCC(O)CCl.Cl. The van der Waals surface area contributed by atoms with Crippen molar-refractivity contribution in [3.63, 3.8) is 0 Å². The Labute approximate surface area is 156 Å². The number of rotatable bonds is 16. The van der Waals surface area contributed by atoms with E-state index in [2.05, 4.69) is 26.1 Å². The van der Waals surface area contributed by atoms with Crippen molar-refractivity contribution in [2.75, 3.05) is 12.4 Å². The average Bonchev–Trinajstić information content (AvgIpc) is 2.50. The maximum atomic E-state index is 9.49. The van der Waals surface area contributed by atoms with Crippen LogP contribution in [-0.2, 0) is 0 Å². The van der Waals surface area contributed by atoms with Crippen molar-refractivity contribution < 1.29 is 5.11 Å². The lowest BCUT2D eigenvalue weighted by molar-refractivity contribution is 0.176. The maximum Gasteiger partial charge on any atom is 0.0799 e. The highest BCUT2D eigenvalue weighted by Crippen LogP contribution is 2.16. The molecule has 0 aliphatic rings. The normalized spacial score (nSPS) is 12.9. The summed E-state index contributed by atoms with van der Waals surface area (Å²) in [5, 5.41) is 12.9. The zero-order valence-electron chi connectivity index (χ0n) is 15.7. The van der Waals surface area contributed by atoms with Gasteiger partial charge in [0.2, 0.25) is 0 Å². The molecule has 4 heteroatoms. The van der Waals surface area contributed by atoms with Gasteiger partial charge in [-0.1, -0.05) is 77.6 Å². The van der Waals surface area contributed by atoms with Gasteiger partial charge in [0, 0.05) is 18.0 Å². The van der Waals surface area contributed by atoms with E-state index >= 15 is 0 Å². The Morgan fingerprint density at radius 3 is 1.74 bits per heavy atom. The molecule has 0 amide bonds. The topological polar surface area (TPSA) is 32.3 Å². The molecule has 0 aliphatic heterocycles. The largest absolute Gasteiger partial charge is 0.391 e. The number of halogens is 2. The Morgan fingerprint density at radius 1 is 0.870 bits per heavy atom. The van der Waals surface area contributed by atoms with E-state index in [1.807, 2.05) is 0 Å². The first kappa shape index (κ1) is 25.7. The summed E-state index contributed by atoms with van der Waals surface area (Å²) in [6.07, 6.45) is 16.0. The molecule has 142 valence electrons. The molecule has 0 heterocycles. The summed E-state index contributed by atoms with van der Waals surface area (Å²) in [5.41, 5.74) is 0.103. The Morgan fingerprint density at radius 2 is 1.30 bits per heavy atom. The van der Waals surface area contributed by atoms with Gasteiger partial charge in [0.05, 0.1) is 6.10 Å². The van der Waals surface area contributed by atoms with Crippen molar-refractivity contribution in [2.24, 2.45) is 0 Å². The molecule has 2 N–H and O–H groups in total. The minimum absolute atomic E-state index is 0. The van der Waals surface area contributed by atoms with Crippen LogP contribution in [0, 0.1) is 0 Å². The van der Waals surface area contributed by atoms with Crippen LogP contribution in [0.3, 0.4) is 0 Å². The molecule has 0 aromatic rings. The van der Waals surface area contributed by atoms with E-state index in [0.717, 1.165) is 0 Å². The van der Waals surface area contributed by atoms with Crippen molar-refractivity contribution in [3.05, 3.63) is 0 Å². The monoisotopic (exact) mass is 369 g/mol. The smallest absolute Gasteiger partial charge is 0.0799 e. The second-order valence-corrected chi connectivity index (χ2v) is 7.67. The summed E-state index contributed by atoms with van der Waals surface area (Å²) in [7, 11) is 0. The lowest BCUT2D eigenvalue weighted by atomic mass is 9.95. The average molecular weight is 370 g/mol. The second kappa shape index (κ2) is 17.3. The number of aliphatic hydroxyl groups excluding tert-OH is 1. The van der Waals surface area contributed by atoms with Crippen molar-refractivity contribution in [1.29, 1.82) is 0 Å². The summed E-state index contributed by atoms with van der Waals surface area (Å²) in [4.78, 5) is 0. The molecule has 0 fully saturated rings. The van der Waals surface area contributed by atoms with E-state index in [4.69, 9.17) is 11.6 Å². The van der Waals surface area contributed by atoms with E-state index in [-0.39, 0.29) is 17.9 Å². The minimum Gasteiger partial charge on any atom is -0.391 e. The zero-order chi connectivity index (χ0) is 16.7. The number of unbranched alkanes of at least 4 members (excludes halogenated alkanes) is 10. The van der Waals surface area contributed by atoms with Crippen LogP contribution in [0.1, 0.15) is 97.8 Å². The van der Waals surface area contributed by atoms with E-state index in [9.17, 15) is 5.11 Å². The Balaban J connectivity index is 0. The molecule has 0 aromatic carbocycles. The highest BCUT2D eigenvalue weighted by atomic mass is 35.5. The fraction of sp³-hybridized carbons (Fsp3) is 1.00. The maximum absolute atomic E-state index is 9.49. The lowest BCUT2D eigenvalue weighted by Crippen LogP contribution is -2.43. The number of hydrogen-bond acceptors (Lipinski definition) is 2. The second-order valence-electron chi connectivity index (χ2n) is 7.36. The summed E-state index contributed by atoms with van der Waals surface area (Å²) < 4.78 is 0. The van der Waals surface area contributed by atoms with Gasteiger partial charge in [-0.3, -0.25) is 0 Å². The van der Waals surface area contributed by atoms with Crippen LogP contribution in [0.2, 0.25) is 0 Å². The number of nitrogens with one attached hydrogen (secondary N) is 1. The van der Waals surface area contributed by atoms with E-state index in [0.29, 0.717) is 12.4 Å². The molecule has 1 unspecified atom stereocenters. The first-order chi connectivity index (χ1) is 10.5. The van der Waals surface area contributed by atoms with Gasteiger partial charge in [0.15, 0.2) is 0 Å². The molecule has 0 rings (SSSR count). The predicted octanol–water partition coefficient (Wildman–Crippen LogP) is 6.08. The first-order valence-corrected chi connectivity index (χ1v) is 10.0. The molecule has 2 nitrogen and oxygen atoms in total. The Bertz CT molecular complexity index is 237. The van der Waals surface area contributed by atoms with E-state index in [1.54, 1.807) is 0 Å². The van der Waals surface area contributed by atoms with Crippen LogP contribution >= 0.6 is 24.0 Å². The van der Waals surface area contributed by atoms with Crippen LogP contribution < -0.4 is 5.32 Å². The molecule has 0 spiro atoms. The molecule has 0 aromatic heterocycles. The van der Waals surface area contributed by atoms with Crippen LogP contribution in [0.15, 0.2) is 0 Å². The van der Waals surface area contributed by atoms with Crippen molar-refractivity contribution in [3.8, 4) is 0 Å². The minimum atomic E-state index is -0.432. The van der Waals surface area contributed by atoms with Crippen molar-refractivity contribution in [1.82, 2.24) is 5.32 Å². The van der Waals surface area contributed by atoms with Gasteiger partial charge < -0.3 is 10.4 Å². The molecular weight excluding hydrogens is 329 g/mol. The van der Waals surface area contributed by atoms with Gasteiger partial charge in [-0.2, -0.15) is 0 Å². The Kier molecular flexibility index (Phi) is 19.4. The fourth-order valence-electron chi connectivity index (χ4n) is 2.77. The van der Waals surface area contributed by atoms with Crippen LogP contribution in [0.5, 0.6) is 0 Å². The van der Waals surface area contributed by atoms with Crippen molar-refractivity contribution >= 4 is 24.0 Å². The van der Waals surface area contributed by atoms with Gasteiger partial charge in [-0.15, -0.1) is 24.0 Å². The van der Waals surface area contributed by atoms with Crippen LogP contribution in [0.25, 0.3) is 0 Å². The Hall–Kier alpha value is 0.500. The molecule has 0 saturated carbocycles. The van der Waals surface area contributed by atoms with Gasteiger partial charge in [0.1, 0.15) is 0 Å². The molecule has 0 bridgehead atoms. The molecule has 23 heavy (non-hydrogen) atoms. The summed E-state index contributed by atoms with van der Waals surface area (Å²) in [6.45, 7) is 7.29. The lowest BCUT2D eigenvalue weighted by Gasteiger charge is -2.27. The number of alkyl halides is 1. The van der Waals surface area contributed by atoms with Crippen LogP contribution in [-0.4, -0.2) is 29.2 Å². The third kappa shape index (κ3) is 18.7. The molecule has 1 atom stereocenters. The first-order valence-electron chi connectivity index (χ1n) is 9.51. The van der Waals surface area contributed by atoms with Gasteiger partial charge in [-0.05, 0) is 20.3 Å². The summed E-state index contributed by atoms with van der Waals surface area (Å²) >= 11 is 5.61. The number of β-amino-alcohol motifs (C(OH)–C–C–N with tert-alkyl or cyclic N) is 1. The number of hydrogen-bond donors (Lipinski definition) is 2. The third-order valence-electron chi connectivity index (χ3n) is 4.40. The van der Waals surface area contributed by atoms with Crippen LogP contribution in [0.4, 0.5) is 0 Å². The third-order valence-corrected chi connectivity index (χ3v) is 4.76.